The van der Waals surface area contributed by atoms with Crippen LogP contribution in [0.15, 0.2) is 146 Å². The van der Waals surface area contributed by atoms with Crippen LogP contribution in [-0.4, -0.2) is 15.0 Å². The Bertz CT molecular complexity index is 2930. The van der Waals surface area contributed by atoms with E-state index in [-0.39, 0.29) is 22.2 Å². The third-order valence-corrected chi connectivity index (χ3v) is 11.8. The number of H-pyrrole nitrogens is 1. The second-order valence-electron chi connectivity index (χ2n) is 17.9. The van der Waals surface area contributed by atoms with Crippen molar-refractivity contribution in [3.63, 3.8) is 0 Å². The molecule has 0 unspecified atom stereocenters. The summed E-state index contributed by atoms with van der Waals surface area (Å²) in [6.45, 7) is 13.3. The van der Waals surface area contributed by atoms with Gasteiger partial charge in [0.25, 0.3) is 0 Å². The lowest BCUT2D eigenvalue weighted by molar-refractivity contribution is 0.590. The van der Waals surface area contributed by atoms with Crippen LogP contribution in [-0.2, 0) is 10.8 Å². The van der Waals surface area contributed by atoms with E-state index in [0.29, 0.717) is 33.6 Å². The maximum atomic E-state index is 17.5. The minimum absolute atomic E-state index is 0.179. The third kappa shape index (κ3) is 6.24. The molecular formula is C54H43F2N3. The fraction of sp³-hybridized carbons (Fsp3) is 0.148. The van der Waals surface area contributed by atoms with E-state index in [9.17, 15) is 0 Å². The first-order chi connectivity index (χ1) is 28.3. The zero-order valence-electron chi connectivity index (χ0n) is 34.0. The largest absolute Gasteiger partial charge is 0.353 e. The summed E-state index contributed by atoms with van der Waals surface area (Å²) in [4.78, 5) is 14.4. The summed E-state index contributed by atoms with van der Waals surface area (Å²) in [7, 11) is 0. The number of pyridine rings is 2. The molecule has 8 bridgehead atoms. The quantitative estimate of drug-likeness (QED) is 0.194. The van der Waals surface area contributed by atoms with E-state index < -0.39 is 11.6 Å². The number of nitrogens with one attached hydrogen (secondary N) is 1. The second-order valence-corrected chi connectivity index (χ2v) is 17.9. The molecule has 288 valence electrons. The molecule has 0 atom stereocenters. The predicted molar refractivity (Wildman–Crippen MR) is 240 cm³/mol. The first-order valence-electron chi connectivity index (χ1n) is 20.2. The van der Waals surface area contributed by atoms with Gasteiger partial charge in [0.1, 0.15) is 11.4 Å². The van der Waals surface area contributed by atoms with Gasteiger partial charge in [0.05, 0.1) is 22.4 Å². The monoisotopic (exact) mass is 771 g/mol. The van der Waals surface area contributed by atoms with Gasteiger partial charge in [0, 0.05) is 44.2 Å². The van der Waals surface area contributed by atoms with E-state index in [0.717, 1.165) is 66.3 Å². The first-order valence-corrected chi connectivity index (χ1v) is 20.2. The fourth-order valence-corrected chi connectivity index (χ4v) is 8.44. The Morgan fingerprint density at radius 2 is 0.763 bits per heavy atom. The van der Waals surface area contributed by atoms with Crippen molar-refractivity contribution in [1.82, 2.24) is 15.0 Å². The minimum atomic E-state index is -0.452. The lowest BCUT2D eigenvalue weighted by atomic mass is 9.83. The second kappa shape index (κ2) is 13.4. The highest BCUT2D eigenvalue weighted by Gasteiger charge is 2.28. The molecule has 10 rings (SSSR count). The van der Waals surface area contributed by atoms with Gasteiger partial charge in [-0.2, -0.15) is 0 Å². The molecule has 4 heterocycles. The number of aromatic amines is 1. The maximum absolute atomic E-state index is 17.5. The molecule has 5 heteroatoms. The molecule has 0 saturated heterocycles. The summed E-state index contributed by atoms with van der Waals surface area (Å²) in [5.41, 5.74) is 12.1. The van der Waals surface area contributed by atoms with Gasteiger partial charge in [-0.3, -0.25) is 0 Å². The summed E-state index contributed by atoms with van der Waals surface area (Å²) in [6.07, 6.45) is 0. The highest BCUT2D eigenvalue weighted by Crippen LogP contribution is 2.46. The number of benzene rings is 6. The zero-order valence-corrected chi connectivity index (χ0v) is 34.0. The van der Waals surface area contributed by atoms with E-state index in [1.165, 1.54) is 0 Å². The Kier molecular flexibility index (Phi) is 8.33. The van der Waals surface area contributed by atoms with Crippen molar-refractivity contribution in [2.75, 3.05) is 0 Å². The van der Waals surface area contributed by atoms with E-state index in [1.54, 1.807) is 0 Å². The van der Waals surface area contributed by atoms with Gasteiger partial charge in [-0.15, -0.1) is 0 Å². The van der Waals surface area contributed by atoms with Crippen molar-refractivity contribution >= 4 is 21.8 Å². The summed E-state index contributed by atoms with van der Waals surface area (Å²) in [6, 6.07) is 47.7. The van der Waals surface area contributed by atoms with Crippen LogP contribution < -0.4 is 0 Å². The normalized spacial score (nSPS) is 12.4. The number of aromatic nitrogens is 3. The molecule has 59 heavy (non-hydrogen) atoms. The Balaban J connectivity index is 1.45. The number of halogens is 2. The highest BCUT2D eigenvalue weighted by molar-refractivity contribution is 6.16. The van der Waals surface area contributed by atoms with Crippen LogP contribution in [0.4, 0.5) is 8.78 Å². The molecule has 0 aliphatic carbocycles. The lowest BCUT2D eigenvalue weighted by Gasteiger charge is -2.22. The summed E-state index contributed by atoms with van der Waals surface area (Å²) < 4.78 is 35.1. The van der Waals surface area contributed by atoms with Crippen molar-refractivity contribution in [2.24, 2.45) is 0 Å². The average molecular weight is 772 g/mol. The number of hydrogen-bond donors (Lipinski definition) is 1. The zero-order chi connectivity index (χ0) is 40.8. The number of fused-ring (bicyclic) bond motifs is 11. The van der Waals surface area contributed by atoms with E-state index in [2.05, 4.69) is 70.8 Å². The first kappa shape index (κ1) is 36.6. The van der Waals surface area contributed by atoms with Gasteiger partial charge in [-0.1, -0.05) is 133 Å². The number of hydrogen-bond acceptors (Lipinski definition) is 2. The fourth-order valence-electron chi connectivity index (χ4n) is 8.44. The van der Waals surface area contributed by atoms with Crippen LogP contribution in [0.5, 0.6) is 0 Å². The van der Waals surface area contributed by atoms with Crippen molar-refractivity contribution in [2.45, 2.75) is 52.4 Å². The molecule has 9 aromatic rings. The van der Waals surface area contributed by atoms with Crippen LogP contribution in [0.25, 0.3) is 100 Å². The Morgan fingerprint density at radius 3 is 1.15 bits per heavy atom. The molecule has 1 aliphatic rings. The highest BCUT2D eigenvalue weighted by atomic mass is 19.1. The Hall–Kier alpha value is -6.72. The summed E-state index contributed by atoms with van der Waals surface area (Å²) in [5, 5.41) is 2.08. The third-order valence-electron chi connectivity index (χ3n) is 11.8. The molecule has 3 nitrogen and oxygen atoms in total. The SMILES string of the molecule is CC(C)(C)c1cc2c3[nH]c4c(cc(C(C)(C)C)cc4c3c1)-c1cc(-c3ccccc3)c(F)c(n1)-c1cc(-c3ccccc3)cc(c1)-c1nc-2cc(-c2ccccc2)c1F. The van der Waals surface area contributed by atoms with Crippen LogP contribution in [0, 0.1) is 11.6 Å². The van der Waals surface area contributed by atoms with Crippen LogP contribution >= 0.6 is 0 Å². The number of nitrogens with zero attached hydrogens (tertiary/aromatic N) is 2. The van der Waals surface area contributed by atoms with Crippen molar-refractivity contribution < 1.29 is 8.78 Å². The topological polar surface area (TPSA) is 41.6 Å². The molecule has 0 amide bonds. The Labute approximate surface area is 343 Å². The van der Waals surface area contributed by atoms with Crippen LogP contribution in [0.1, 0.15) is 52.7 Å². The molecule has 0 saturated carbocycles. The molecule has 0 spiro atoms. The van der Waals surface area contributed by atoms with Gasteiger partial charge in [-0.05, 0) is 98.8 Å². The molecule has 6 aromatic carbocycles. The molecule has 0 fully saturated rings. The smallest absolute Gasteiger partial charge is 0.157 e. The van der Waals surface area contributed by atoms with Gasteiger partial charge in [-0.25, -0.2) is 18.7 Å². The predicted octanol–water partition coefficient (Wildman–Crippen LogP) is 15.0. The van der Waals surface area contributed by atoms with Crippen molar-refractivity contribution in [3.8, 4) is 78.4 Å². The standard InChI is InChI=1S/C54H43F2N3/c1-53(2,3)37-25-41-42-26-38(54(4,5)6)28-44-46-30-40(33-20-14-9-15-21-33)48(56)50(58-46)36-23-34(31-16-10-7-11-17-31)22-35(24-36)49-47(55)39(32-18-12-8-13-19-32)29-45(57-49)43(27-37)51(41)59-52(42)44/h7-30,59H,1-6H3. The van der Waals surface area contributed by atoms with E-state index in [4.69, 9.17) is 9.97 Å². The minimum Gasteiger partial charge on any atom is -0.353 e. The van der Waals surface area contributed by atoms with Gasteiger partial charge in [0.2, 0.25) is 0 Å². The van der Waals surface area contributed by atoms with E-state index >= 15 is 8.78 Å². The molecule has 1 aliphatic heterocycles. The van der Waals surface area contributed by atoms with Gasteiger partial charge < -0.3 is 4.98 Å². The van der Waals surface area contributed by atoms with Gasteiger partial charge in [0.15, 0.2) is 11.6 Å². The average Bonchev–Trinajstić information content (AvgIpc) is 3.62. The summed E-state index contributed by atoms with van der Waals surface area (Å²) in [5.74, 6) is -0.903. The summed E-state index contributed by atoms with van der Waals surface area (Å²) >= 11 is 0. The van der Waals surface area contributed by atoms with Crippen molar-refractivity contribution in [3.05, 3.63) is 168 Å². The molecule has 0 radical (unpaired) electrons. The van der Waals surface area contributed by atoms with Gasteiger partial charge >= 0.3 is 0 Å². The maximum Gasteiger partial charge on any atom is 0.157 e. The molecule has 1 N–H and O–H groups in total. The van der Waals surface area contributed by atoms with Crippen LogP contribution in [0.2, 0.25) is 0 Å². The molecular weight excluding hydrogens is 729 g/mol. The van der Waals surface area contributed by atoms with Crippen molar-refractivity contribution in [1.29, 1.82) is 0 Å². The number of rotatable bonds is 3. The Morgan fingerprint density at radius 1 is 0.390 bits per heavy atom. The lowest BCUT2D eigenvalue weighted by Crippen LogP contribution is -2.11. The van der Waals surface area contributed by atoms with E-state index in [1.807, 2.05) is 121 Å². The van der Waals surface area contributed by atoms with Crippen LogP contribution in [0.3, 0.4) is 0 Å². The molecule has 3 aromatic heterocycles.